The van der Waals surface area contributed by atoms with Crippen LogP contribution < -0.4 is 16.0 Å². The molecule has 1 aromatic carbocycles. The summed E-state index contributed by atoms with van der Waals surface area (Å²) >= 11 is 5.79. The van der Waals surface area contributed by atoms with E-state index in [1.807, 2.05) is 43.3 Å². The molecule has 0 unspecified atom stereocenters. The predicted octanol–water partition coefficient (Wildman–Crippen LogP) is 2.81. The third-order valence-electron chi connectivity index (χ3n) is 3.80. The zero-order chi connectivity index (χ0) is 19.3. The van der Waals surface area contributed by atoms with E-state index in [-0.39, 0.29) is 36.4 Å². The molecule has 0 aliphatic carbocycles. The highest BCUT2D eigenvalue weighted by molar-refractivity contribution is 14.0. The highest BCUT2D eigenvalue weighted by Crippen LogP contribution is 2.05. The molecule has 152 valence electrons. The van der Waals surface area contributed by atoms with Crippen molar-refractivity contribution in [3.05, 3.63) is 64.9 Å². The second-order valence-electron chi connectivity index (χ2n) is 5.95. The average molecular weight is 516 g/mol. The Morgan fingerprint density at radius 1 is 1.00 bits per heavy atom. The van der Waals surface area contributed by atoms with Gasteiger partial charge in [-0.3, -0.25) is 4.79 Å². The number of hydrogen-bond donors (Lipinski definition) is 3. The molecule has 8 heteroatoms. The van der Waals surface area contributed by atoms with E-state index in [4.69, 9.17) is 11.6 Å². The SMILES string of the molecule is CCNC(=NCC(=O)NCCc1ccccc1)NCCc1ccc(Cl)nc1.I. The van der Waals surface area contributed by atoms with Crippen LogP contribution in [0.3, 0.4) is 0 Å². The number of carbonyl (C=O) groups is 1. The molecule has 0 spiro atoms. The van der Waals surface area contributed by atoms with Crippen molar-refractivity contribution in [3.8, 4) is 0 Å². The zero-order valence-corrected chi connectivity index (χ0v) is 19.0. The lowest BCUT2D eigenvalue weighted by molar-refractivity contribution is -0.119. The Labute approximate surface area is 188 Å². The van der Waals surface area contributed by atoms with E-state index in [1.54, 1.807) is 12.3 Å². The Morgan fingerprint density at radius 2 is 1.71 bits per heavy atom. The lowest BCUT2D eigenvalue weighted by Gasteiger charge is -2.11. The number of nitrogens with one attached hydrogen (secondary N) is 3. The van der Waals surface area contributed by atoms with E-state index < -0.39 is 0 Å². The quantitative estimate of drug-likeness (QED) is 0.208. The minimum absolute atomic E-state index is 0. The van der Waals surface area contributed by atoms with Gasteiger partial charge in [-0.15, -0.1) is 24.0 Å². The monoisotopic (exact) mass is 515 g/mol. The summed E-state index contributed by atoms with van der Waals surface area (Å²) in [5.74, 6) is 0.530. The molecule has 0 aliphatic heterocycles. The highest BCUT2D eigenvalue weighted by atomic mass is 127. The van der Waals surface area contributed by atoms with Gasteiger partial charge in [0.1, 0.15) is 11.7 Å². The first-order valence-corrected chi connectivity index (χ1v) is 9.48. The van der Waals surface area contributed by atoms with E-state index in [1.165, 1.54) is 5.56 Å². The van der Waals surface area contributed by atoms with Crippen molar-refractivity contribution >= 4 is 47.4 Å². The molecule has 0 radical (unpaired) electrons. The number of halogens is 2. The second-order valence-corrected chi connectivity index (χ2v) is 6.33. The van der Waals surface area contributed by atoms with Crippen molar-refractivity contribution in [2.75, 3.05) is 26.2 Å². The number of nitrogens with zero attached hydrogens (tertiary/aromatic N) is 2. The molecule has 0 atom stereocenters. The average Bonchev–Trinajstić information content (AvgIpc) is 2.68. The normalized spacial score (nSPS) is 10.7. The lowest BCUT2D eigenvalue weighted by atomic mass is 10.1. The molecule has 1 aromatic heterocycles. The van der Waals surface area contributed by atoms with Crippen molar-refractivity contribution in [2.24, 2.45) is 4.99 Å². The van der Waals surface area contributed by atoms with E-state index in [0.29, 0.717) is 24.2 Å². The van der Waals surface area contributed by atoms with Gasteiger partial charge in [0.05, 0.1) is 0 Å². The van der Waals surface area contributed by atoms with Gasteiger partial charge in [-0.25, -0.2) is 9.98 Å². The fourth-order valence-corrected chi connectivity index (χ4v) is 2.53. The molecule has 0 saturated carbocycles. The number of aliphatic imine (C=N–C) groups is 1. The van der Waals surface area contributed by atoms with Crippen LogP contribution in [-0.4, -0.2) is 43.0 Å². The molecule has 0 fully saturated rings. The van der Waals surface area contributed by atoms with Gasteiger partial charge in [0.25, 0.3) is 0 Å². The Bertz CT molecular complexity index is 725. The largest absolute Gasteiger partial charge is 0.357 e. The molecule has 2 rings (SSSR count). The van der Waals surface area contributed by atoms with Crippen molar-refractivity contribution in [1.29, 1.82) is 0 Å². The van der Waals surface area contributed by atoms with Crippen LogP contribution >= 0.6 is 35.6 Å². The summed E-state index contributed by atoms with van der Waals surface area (Å²) < 4.78 is 0. The molecule has 2 aromatic rings. The Morgan fingerprint density at radius 3 is 2.39 bits per heavy atom. The molecule has 1 amide bonds. The number of pyridine rings is 1. The van der Waals surface area contributed by atoms with Gasteiger partial charge >= 0.3 is 0 Å². The van der Waals surface area contributed by atoms with Crippen LogP contribution in [0.2, 0.25) is 5.15 Å². The van der Waals surface area contributed by atoms with Gasteiger partial charge in [0.15, 0.2) is 5.96 Å². The molecule has 0 saturated heterocycles. The third-order valence-corrected chi connectivity index (χ3v) is 4.02. The van der Waals surface area contributed by atoms with Crippen LogP contribution in [0.1, 0.15) is 18.1 Å². The summed E-state index contributed by atoms with van der Waals surface area (Å²) in [4.78, 5) is 20.4. The molecule has 6 nitrogen and oxygen atoms in total. The van der Waals surface area contributed by atoms with Crippen LogP contribution in [-0.2, 0) is 17.6 Å². The van der Waals surface area contributed by atoms with E-state index >= 15 is 0 Å². The maximum atomic E-state index is 12.0. The minimum Gasteiger partial charge on any atom is -0.357 e. The molecular weight excluding hydrogens is 489 g/mol. The van der Waals surface area contributed by atoms with Crippen molar-refractivity contribution in [1.82, 2.24) is 20.9 Å². The first-order chi connectivity index (χ1) is 13.2. The first kappa shape index (κ1) is 24.2. The zero-order valence-electron chi connectivity index (χ0n) is 16.0. The van der Waals surface area contributed by atoms with Crippen molar-refractivity contribution in [2.45, 2.75) is 19.8 Å². The van der Waals surface area contributed by atoms with Gasteiger partial charge in [-0.1, -0.05) is 48.0 Å². The summed E-state index contributed by atoms with van der Waals surface area (Å²) in [5.41, 5.74) is 2.29. The summed E-state index contributed by atoms with van der Waals surface area (Å²) in [5, 5.41) is 9.74. The third kappa shape index (κ3) is 9.89. The summed E-state index contributed by atoms with van der Waals surface area (Å²) in [6.07, 6.45) is 3.36. The highest BCUT2D eigenvalue weighted by Gasteiger charge is 2.03. The van der Waals surface area contributed by atoms with Gasteiger partial charge in [-0.05, 0) is 37.0 Å². The Balaban J connectivity index is 0.00000392. The van der Waals surface area contributed by atoms with Gasteiger partial charge < -0.3 is 16.0 Å². The summed E-state index contributed by atoms with van der Waals surface area (Å²) in [7, 11) is 0. The lowest BCUT2D eigenvalue weighted by Crippen LogP contribution is -2.39. The smallest absolute Gasteiger partial charge is 0.241 e. The van der Waals surface area contributed by atoms with Crippen LogP contribution in [0.15, 0.2) is 53.7 Å². The standard InChI is InChI=1S/C20H26ClN5O.HI/c1-2-22-20(24-13-11-17-8-9-18(21)25-14-17)26-15-19(27)23-12-10-16-6-4-3-5-7-16;/h3-9,14H,2,10-13,15H2,1H3,(H,23,27)(H2,22,24,26);1H. The van der Waals surface area contributed by atoms with E-state index in [0.717, 1.165) is 24.9 Å². The number of aromatic nitrogens is 1. The Hall–Kier alpha value is -1.87. The number of carbonyl (C=O) groups excluding carboxylic acids is 1. The number of guanidine groups is 1. The molecule has 28 heavy (non-hydrogen) atoms. The molecule has 0 bridgehead atoms. The number of hydrogen-bond acceptors (Lipinski definition) is 3. The van der Waals surface area contributed by atoms with Crippen LogP contribution in [0.5, 0.6) is 0 Å². The maximum absolute atomic E-state index is 12.0. The summed E-state index contributed by atoms with van der Waals surface area (Å²) in [6, 6.07) is 13.8. The molecule has 0 aliphatic rings. The van der Waals surface area contributed by atoms with Crippen LogP contribution in [0.25, 0.3) is 0 Å². The predicted molar refractivity (Wildman–Crippen MR) is 126 cm³/mol. The topological polar surface area (TPSA) is 78.4 Å². The molecular formula is C20H27ClIN5O. The van der Waals surface area contributed by atoms with Crippen molar-refractivity contribution in [3.63, 3.8) is 0 Å². The minimum atomic E-state index is -0.0926. The number of amides is 1. The maximum Gasteiger partial charge on any atom is 0.241 e. The molecule has 3 N–H and O–H groups in total. The van der Waals surface area contributed by atoms with Gasteiger partial charge in [-0.2, -0.15) is 0 Å². The first-order valence-electron chi connectivity index (χ1n) is 9.10. The van der Waals surface area contributed by atoms with Crippen LogP contribution in [0, 0.1) is 0 Å². The van der Waals surface area contributed by atoms with Crippen LogP contribution in [0.4, 0.5) is 0 Å². The van der Waals surface area contributed by atoms with E-state index in [2.05, 4.69) is 25.9 Å². The van der Waals surface area contributed by atoms with Gasteiger partial charge in [0, 0.05) is 25.8 Å². The fraction of sp³-hybridized carbons (Fsp3) is 0.350. The second kappa shape index (κ2) is 14.2. The summed E-state index contributed by atoms with van der Waals surface area (Å²) in [6.45, 7) is 4.09. The van der Waals surface area contributed by atoms with Crippen molar-refractivity contribution < 1.29 is 4.79 Å². The molecule has 1 heterocycles. The van der Waals surface area contributed by atoms with E-state index in [9.17, 15) is 4.79 Å². The van der Waals surface area contributed by atoms with Gasteiger partial charge in [0.2, 0.25) is 5.91 Å². The fourth-order valence-electron chi connectivity index (χ4n) is 2.42. The number of rotatable bonds is 9. The Kier molecular flexibility index (Phi) is 12.2. The number of benzene rings is 1.